The summed E-state index contributed by atoms with van der Waals surface area (Å²) in [6.45, 7) is 5.17. The molecule has 0 saturated carbocycles. The number of nitrogens with one attached hydrogen (secondary N) is 2. The summed E-state index contributed by atoms with van der Waals surface area (Å²) >= 11 is 0. The van der Waals surface area contributed by atoms with Gasteiger partial charge in [-0.15, -0.1) is 0 Å². The van der Waals surface area contributed by atoms with Crippen LogP contribution in [0.1, 0.15) is 41.8 Å². The molecule has 0 fully saturated rings. The molecule has 1 unspecified atom stereocenters. The quantitative estimate of drug-likeness (QED) is 0.653. The van der Waals surface area contributed by atoms with Crippen molar-refractivity contribution in [2.24, 2.45) is 5.92 Å². The summed E-state index contributed by atoms with van der Waals surface area (Å²) in [6.07, 6.45) is 0.377. The summed E-state index contributed by atoms with van der Waals surface area (Å²) in [7, 11) is 0. The topological polar surface area (TPSA) is 108 Å². The van der Waals surface area contributed by atoms with Crippen LogP contribution >= 0.6 is 0 Å². The van der Waals surface area contributed by atoms with Crippen LogP contribution in [0.5, 0.6) is 0 Å². The SMILES string of the molecule is Cc1ccccc1C(=O)NC(CC(C)C)C(=O)OCC(=O)Nc1cccc(C#N)c1. The van der Waals surface area contributed by atoms with Gasteiger partial charge in [0.25, 0.3) is 11.8 Å². The molecule has 0 saturated heterocycles. The number of nitriles is 1. The van der Waals surface area contributed by atoms with Crippen molar-refractivity contribution < 1.29 is 19.1 Å². The normalized spacial score (nSPS) is 11.3. The molecule has 0 aliphatic heterocycles. The maximum atomic E-state index is 12.6. The summed E-state index contributed by atoms with van der Waals surface area (Å²) < 4.78 is 5.13. The highest BCUT2D eigenvalue weighted by molar-refractivity contribution is 5.98. The van der Waals surface area contributed by atoms with Crippen molar-refractivity contribution in [2.45, 2.75) is 33.2 Å². The maximum Gasteiger partial charge on any atom is 0.329 e. The minimum absolute atomic E-state index is 0.127. The highest BCUT2D eigenvalue weighted by Gasteiger charge is 2.25. The highest BCUT2D eigenvalue weighted by atomic mass is 16.5. The molecule has 2 rings (SSSR count). The van der Waals surface area contributed by atoms with Crippen molar-refractivity contribution in [3.05, 3.63) is 65.2 Å². The minimum atomic E-state index is -0.869. The Balaban J connectivity index is 1.97. The fraction of sp³-hybridized carbons (Fsp3) is 0.304. The summed E-state index contributed by atoms with van der Waals surface area (Å²) in [5, 5.41) is 14.2. The van der Waals surface area contributed by atoms with Crippen molar-refractivity contribution in [3.63, 3.8) is 0 Å². The predicted molar refractivity (Wildman–Crippen MR) is 113 cm³/mol. The van der Waals surface area contributed by atoms with E-state index in [-0.39, 0.29) is 11.8 Å². The molecule has 0 bridgehead atoms. The second-order valence-electron chi connectivity index (χ2n) is 7.32. The van der Waals surface area contributed by atoms with E-state index in [0.29, 0.717) is 23.2 Å². The van der Waals surface area contributed by atoms with E-state index in [9.17, 15) is 14.4 Å². The fourth-order valence-corrected chi connectivity index (χ4v) is 2.85. The van der Waals surface area contributed by atoms with Gasteiger partial charge < -0.3 is 15.4 Å². The van der Waals surface area contributed by atoms with Gasteiger partial charge in [0.15, 0.2) is 6.61 Å². The Morgan fingerprint density at radius 1 is 1.10 bits per heavy atom. The lowest BCUT2D eigenvalue weighted by Gasteiger charge is -2.20. The number of carbonyl (C=O) groups excluding carboxylic acids is 3. The summed E-state index contributed by atoms with van der Waals surface area (Å²) in [5.41, 5.74) is 2.11. The molecule has 2 amide bonds. The van der Waals surface area contributed by atoms with Crippen LogP contribution < -0.4 is 10.6 Å². The van der Waals surface area contributed by atoms with E-state index in [4.69, 9.17) is 10.00 Å². The lowest BCUT2D eigenvalue weighted by atomic mass is 10.0. The maximum absolute atomic E-state index is 12.6. The van der Waals surface area contributed by atoms with Gasteiger partial charge in [0.2, 0.25) is 0 Å². The van der Waals surface area contributed by atoms with Crippen LogP contribution in [0, 0.1) is 24.2 Å². The summed E-state index contributed by atoms with van der Waals surface area (Å²) in [4.78, 5) is 37.2. The second-order valence-corrected chi connectivity index (χ2v) is 7.32. The lowest BCUT2D eigenvalue weighted by molar-refractivity contribution is -0.149. The third-order valence-corrected chi connectivity index (χ3v) is 4.31. The third kappa shape index (κ3) is 6.74. The van der Waals surface area contributed by atoms with E-state index >= 15 is 0 Å². The first kappa shape index (κ1) is 22.6. The first-order valence-corrected chi connectivity index (χ1v) is 9.63. The van der Waals surface area contributed by atoms with E-state index in [2.05, 4.69) is 10.6 Å². The Bertz CT molecular complexity index is 963. The van der Waals surface area contributed by atoms with Crippen molar-refractivity contribution in [1.82, 2.24) is 5.32 Å². The van der Waals surface area contributed by atoms with Gasteiger partial charge in [-0.3, -0.25) is 9.59 Å². The molecule has 2 aromatic carbocycles. The van der Waals surface area contributed by atoms with Gasteiger partial charge in [0.05, 0.1) is 11.6 Å². The van der Waals surface area contributed by atoms with Gasteiger partial charge in [-0.2, -0.15) is 5.26 Å². The Morgan fingerprint density at radius 2 is 1.83 bits per heavy atom. The van der Waals surface area contributed by atoms with Crippen LogP contribution in [0.15, 0.2) is 48.5 Å². The molecule has 2 N–H and O–H groups in total. The van der Waals surface area contributed by atoms with Gasteiger partial charge >= 0.3 is 5.97 Å². The number of hydrogen-bond acceptors (Lipinski definition) is 5. The van der Waals surface area contributed by atoms with Crippen LogP contribution in [0.3, 0.4) is 0 Å². The van der Waals surface area contributed by atoms with Crippen LogP contribution in [0.25, 0.3) is 0 Å². The van der Waals surface area contributed by atoms with E-state index < -0.39 is 24.5 Å². The Kier molecular flexibility index (Phi) is 8.12. The molecule has 0 aromatic heterocycles. The molecule has 30 heavy (non-hydrogen) atoms. The number of anilines is 1. The molecule has 1 atom stereocenters. The van der Waals surface area contributed by atoms with Crippen molar-refractivity contribution in [3.8, 4) is 6.07 Å². The average Bonchev–Trinajstić information content (AvgIpc) is 2.71. The number of aryl methyl sites for hydroxylation is 1. The highest BCUT2D eigenvalue weighted by Crippen LogP contribution is 2.12. The average molecular weight is 407 g/mol. The Morgan fingerprint density at radius 3 is 2.50 bits per heavy atom. The van der Waals surface area contributed by atoms with E-state index in [1.165, 1.54) is 6.07 Å². The van der Waals surface area contributed by atoms with Crippen LogP contribution in [0.4, 0.5) is 5.69 Å². The fourth-order valence-electron chi connectivity index (χ4n) is 2.85. The van der Waals surface area contributed by atoms with Crippen molar-refractivity contribution in [2.75, 3.05) is 11.9 Å². The predicted octanol–water partition coefficient (Wildman–Crippen LogP) is 3.19. The first-order valence-electron chi connectivity index (χ1n) is 9.63. The summed E-state index contributed by atoms with van der Waals surface area (Å²) in [5.74, 6) is -1.45. The molecule has 7 heteroatoms. The first-order chi connectivity index (χ1) is 14.3. The molecule has 0 aliphatic rings. The van der Waals surface area contributed by atoms with Crippen molar-refractivity contribution >= 4 is 23.5 Å². The zero-order valence-corrected chi connectivity index (χ0v) is 17.3. The number of esters is 1. The van der Waals surface area contributed by atoms with E-state index in [0.717, 1.165) is 5.56 Å². The van der Waals surface area contributed by atoms with Crippen LogP contribution in [-0.2, 0) is 14.3 Å². The van der Waals surface area contributed by atoms with Gasteiger partial charge in [-0.25, -0.2) is 4.79 Å². The van der Waals surface area contributed by atoms with Crippen LogP contribution in [0.2, 0.25) is 0 Å². The monoisotopic (exact) mass is 407 g/mol. The smallest absolute Gasteiger partial charge is 0.329 e. The molecular weight excluding hydrogens is 382 g/mol. The zero-order chi connectivity index (χ0) is 22.1. The van der Waals surface area contributed by atoms with Gasteiger partial charge in [-0.1, -0.05) is 38.1 Å². The number of ether oxygens (including phenoxy) is 1. The number of amides is 2. The molecule has 0 aliphatic carbocycles. The summed E-state index contributed by atoms with van der Waals surface area (Å²) in [6, 6.07) is 14.6. The zero-order valence-electron chi connectivity index (χ0n) is 17.3. The Hall–Kier alpha value is -3.66. The molecule has 7 nitrogen and oxygen atoms in total. The minimum Gasteiger partial charge on any atom is -0.454 e. The van der Waals surface area contributed by atoms with Crippen molar-refractivity contribution in [1.29, 1.82) is 5.26 Å². The number of rotatable bonds is 8. The molecule has 156 valence electrons. The largest absolute Gasteiger partial charge is 0.454 e. The third-order valence-electron chi connectivity index (χ3n) is 4.31. The molecule has 0 heterocycles. The van der Waals surface area contributed by atoms with Gasteiger partial charge in [0.1, 0.15) is 6.04 Å². The van der Waals surface area contributed by atoms with E-state index in [1.807, 2.05) is 39.0 Å². The Labute approximate surface area is 176 Å². The number of benzene rings is 2. The molecule has 0 radical (unpaired) electrons. The molecular formula is C23H25N3O4. The number of carbonyl (C=O) groups is 3. The standard InChI is InChI=1S/C23H25N3O4/c1-15(2)11-20(26-22(28)19-10-5-4-7-16(19)3)23(29)30-14-21(27)25-18-9-6-8-17(12-18)13-24/h4-10,12,15,20H,11,14H2,1-3H3,(H,25,27)(H,26,28). The molecule has 0 spiro atoms. The lowest BCUT2D eigenvalue weighted by Crippen LogP contribution is -2.43. The van der Waals surface area contributed by atoms with Gasteiger partial charge in [-0.05, 0) is 49.1 Å². The van der Waals surface area contributed by atoms with Crippen LogP contribution in [-0.4, -0.2) is 30.4 Å². The second kappa shape index (κ2) is 10.8. The van der Waals surface area contributed by atoms with Gasteiger partial charge in [0, 0.05) is 11.3 Å². The number of hydrogen-bond donors (Lipinski definition) is 2. The number of nitrogens with zero attached hydrogens (tertiary/aromatic N) is 1. The molecule has 2 aromatic rings. The van der Waals surface area contributed by atoms with E-state index in [1.54, 1.807) is 30.3 Å².